The molecule has 1 aliphatic rings. The zero-order chi connectivity index (χ0) is 10.7. The quantitative estimate of drug-likeness (QED) is 0.627. The summed E-state index contributed by atoms with van der Waals surface area (Å²) < 4.78 is 5.07. The van der Waals surface area contributed by atoms with E-state index in [4.69, 9.17) is 4.74 Å². The summed E-state index contributed by atoms with van der Waals surface area (Å²) in [7, 11) is 1.71. The molecule has 1 heterocycles. The minimum atomic E-state index is -0.258. The molecule has 4 heteroatoms. The van der Waals surface area contributed by atoms with Crippen LogP contribution in [0.15, 0.2) is 0 Å². The molecule has 0 N–H and O–H groups in total. The molecule has 0 bridgehead atoms. The molecule has 14 heavy (non-hydrogen) atoms. The van der Waals surface area contributed by atoms with E-state index in [2.05, 4.69) is 0 Å². The highest BCUT2D eigenvalue weighted by Crippen LogP contribution is 2.17. The van der Waals surface area contributed by atoms with Crippen LogP contribution in [0.3, 0.4) is 0 Å². The number of esters is 1. The van der Waals surface area contributed by atoms with Crippen LogP contribution in [-0.4, -0.2) is 37.0 Å². The van der Waals surface area contributed by atoms with E-state index in [9.17, 15) is 9.59 Å². The van der Waals surface area contributed by atoms with Crippen LogP contribution in [0.4, 0.5) is 0 Å². The summed E-state index contributed by atoms with van der Waals surface area (Å²) in [6.07, 6.45) is 0.299. The minimum absolute atomic E-state index is 0.0245. The standard InChI is InChI=1S/C10H17NO3/c1-7(2)6-14-10(13)8-4-9(12)11(3)5-8/h7-8H,4-6H2,1-3H3. The minimum Gasteiger partial charge on any atom is -0.465 e. The van der Waals surface area contributed by atoms with Crippen LogP contribution in [0, 0.1) is 11.8 Å². The van der Waals surface area contributed by atoms with Crippen molar-refractivity contribution in [2.45, 2.75) is 20.3 Å². The van der Waals surface area contributed by atoms with Gasteiger partial charge in [-0.25, -0.2) is 0 Å². The highest BCUT2D eigenvalue weighted by Gasteiger charge is 2.33. The zero-order valence-electron chi connectivity index (χ0n) is 8.95. The van der Waals surface area contributed by atoms with Gasteiger partial charge in [-0.2, -0.15) is 0 Å². The van der Waals surface area contributed by atoms with Gasteiger partial charge in [0.2, 0.25) is 5.91 Å². The molecule has 1 aliphatic heterocycles. The lowest BCUT2D eigenvalue weighted by molar-refractivity contribution is -0.149. The first-order valence-corrected chi connectivity index (χ1v) is 4.91. The Morgan fingerprint density at radius 2 is 2.29 bits per heavy atom. The van der Waals surface area contributed by atoms with Crippen molar-refractivity contribution in [1.82, 2.24) is 4.90 Å². The number of carbonyl (C=O) groups is 2. The van der Waals surface area contributed by atoms with E-state index in [1.54, 1.807) is 11.9 Å². The van der Waals surface area contributed by atoms with E-state index in [1.807, 2.05) is 13.8 Å². The second kappa shape index (κ2) is 4.44. The van der Waals surface area contributed by atoms with Crippen molar-refractivity contribution in [3.8, 4) is 0 Å². The Bertz CT molecular complexity index is 238. The maximum atomic E-state index is 11.4. The summed E-state index contributed by atoms with van der Waals surface area (Å²) in [5.74, 6) is -0.132. The third-order valence-electron chi connectivity index (χ3n) is 2.23. The molecule has 1 fully saturated rings. The molecule has 0 aromatic carbocycles. The molecule has 0 saturated carbocycles. The number of hydrogen-bond acceptors (Lipinski definition) is 3. The number of carbonyl (C=O) groups excluding carboxylic acids is 2. The van der Waals surface area contributed by atoms with Crippen LogP contribution >= 0.6 is 0 Å². The molecule has 0 aromatic heterocycles. The van der Waals surface area contributed by atoms with Crippen molar-refractivity contribution in [2.24, 2.45) is 11.8 Å². The molecular formula is C10H17NO3. The third-order valence-corrected chi connectivity index (χ3v) is 2.23. The molecule has 4 nitrogen and oxygen atoms in total. The van der Waals surface area contributed by atoms with Crippen LogP contribution in [0.2, 0.25) is 0 Å². The Kier molecular flexibility index (Phi) is 3.49. The molecule has 1 amide bonds. The fourth-order valence-electron chi connectivity index (χ4n) is 1.39. The van der Waals surface area contributed by atoms with Gasteiger partial charge in [-0.3, -0.25) is 9.59 Å². The van der Waals surface area contributed by atoms with Gasteiger partial charge in [0.15, 0.2) is 0 Å². The van der Waals surface area contributed by atoms with Crippen LogP contribution in [0.25, 0.3) is 0 Å². The molecule has 0 aromatic rings. The lowest BCUT2D eigenvalue weighted by Gasteiger charge is -2.11. The molecule has 1 rings (SSSR count). The fourth-order valence-corrected chi connectivity index (χ4v) is 1.39. The predicted octanol–water partition coefficient (Wildman–Crippen LogP) is 0.664. The number of rotatable bonds is 3. The monoisotopic (exact) mass is 199 g/mol. The van der Waals surface area contributed by atoms with Crippen molar-refractivity contribution in [2.75, 3.05) is 20.2 Å². The lowest BCUT2D eigenvalue weighted by Crippen LogP contribution is -2.23. The van der Waals surface area contributed by atoms with E-state index < -0.39 is 0 Å². The van der Waals surface area contributed by atoms with Crippen molar-refractivity contribution < 1.29 is 14.3 Å². The molecule has 1 atom stereocenters. The van der Waals surface area contributed by atoms with E-state index in [-0.39, 0.29) is 17.8 Å². The van der Waals surface area contributed by atoms with Crippen molar-refractivity contribution in [3.63, 3.8) is 0 Å². The topological polar surface area (TPSA) is 46.6 Å². The van der Waals surface area contributed by atoms with E-state index in [0.717, 1.165) is 0 Å². The SMILES string of the molecule is CC(C)COC(=O)C1CC(=O)N(C)C1. The molecular weight excluding hydrogens is 182 g/mol. The molecule has 0 aliphatic carbocycles. The predicted molar refractivity (Wildman–Crippen MR) is 51.5 cm³/mol. The number of ether oxygens (including phenoxy) is 1. The van der Waals surface area contributed by atoms with Gasteiger partial charge < -0.3 is 9.64 Å². The average Bonchev–Trinajstić information content (AvgIpc) is 2.43. The van der Waals surface area contributed by atoms with Gasteiger partial charge in [0, 0.05) is 20.0 Å². The van der Waals surface area contributed by atoms with Crippen LogP contribution in [0.5, 0.6) is 0 Å². The van der Waals surface area contributed by atoms with Gasteiger partial charge in [0.1, 0.15) is 0 Å². The summed E-state index contributed by atoms with van der Waals surface area (Å²) in [6, 6.07) is 0. The molecule has 1 unspecified atom stereocenters. The Hall–Kier alpha value is -1.06. The van der Waals surface area contributed by atoms with Gasteiger partial charge in [0.05, 0.1) is 12.5 Å². The van der Waals surface area contributed by atoms with Crippen LogP contribution in [-0.2, 0) is 14.3 Å². The maximum Gasteiger partial charge on any atom is 0.311 e. The molecule has 0 spiro atoms. The third kappa shape index (κ3) is 2.72. The van der Waals surface area contributed by atoms with Crippen LogP contribution < -0.4 is 0 Å². The normalized spacial score (nSPS) is 21.9. The second-order valence-electron chi connectivity index (χ2n) is 4.20. The highest BCUT2D eigenvalue weighted by molar-refractivity contribution is 5.86. The number of nitrogens with zero attached hydrogens (tertiary/aromatic N) is 1. The second-order valence-corrected chi connectivity index (χ2v) is 4.20. The lowest BCUT2D eigenvalue weighted by atomic mass is 10.1. The Labute approximate surface area is 84.2 Å². The smallest absolute Gasteiger partial charge is 0.311 e. The van der Waals surface area contributed by atoms with E-state index in [0.29, 0.717) is 25.5 Å². The molecule has 1 saturated heterocycles. The molecule has 0 radical (unpaired) electrons. The largest absolute Gasteiger partial charge is 0.465 e. The first-order valence-electron chi connectivity index (χ1n) is 4.91. The highest BCUT2D eigenvalue weighted by atomic mass is 16.5. The Balaban J connectivity index is 2.36. The van der Waals surface area contributed by atoms with Crippen molar-refractivity contribution >= 4 is 11.9 Å². The first kappa shape index (κ1) is 11.0. The van der Waals surface area contributed by atoms with Gasteiger partial charge in [0.25, 0.3) is 0 Å². The number of amides is 1. The molecule has 80 valence electrons. The summed E-state index contributed by atoms with van der Waals surface area (Å²) in [6.45, 7) is 4.90. The summed E-state index contributed by atoms with van der Waals surface area (Å²) in [5, 5.41) is 0. The zero-order valence-corrected chi connectivity index (χ0v) is 8.95. The summed E-state index contributed by atoms with van der Waals surface area (Å²) in [5.41, 5.74) is 0. The van der Waals surface area contributed by atoms with Gasteiger partial charge >= 0.3 is 5.97 Å². The fraction of sp³-hybridized carbons (Fsp3) is 0.800. The van der Waals surface area contributed by atoms with Gasteiger partial charge in [-0.15, -0.1) is 0 Å². The first-order chi connectivity index (χ1) is 6.50. The van der Waals surface area contributed by atoms with Gasteiger partial charge in [-0.1, -0.05) is 13.8 Å². The van der Waals surface area contributed by atoms with E-state index in [1.165, 1.54) is 0 Å². The van der Waals surface area contributed by atoms with Crippen molar-refractivity contribution in [3.05, 3.63) is 0 Å². The average molecular weight is 199 g/mol. The summed E-state index contributed by atoms with van der Waals surface area (Å²) >= 11 is 0. The van der Waals surface area contributed by atoms with Crippen molar-refractivity contribution in [1.29, 1.82) is 0 Å². The van der Waals surface area contributed by atoms with Gasteiger partial charge in [-0.05, 0) is 5.92 Å². The van der Waals surface area contributed by atoms with E-state index >= 15 is 0 Å². The Morgan fingerprint density at radius 3 is 2.71 bits per heavy atom. The number of hydrogen-bond donors (Lipinski definition) is 0. The Morgan fingerprint density at radius 1 is 1.64 bits per heavy atom. The van der Waals surface area contributed by atoms with Crippen LogP contribution in [0.1, 0.15) is 20.3 Å². The number of likely N-dealkylation sites (tertiary alicyclic amines) is 1. The summed E-state index contributed by atoms with van der Waals surface area (Å²) in [4.78, 5) is 24.2. The maximum absolute atomic E-state index is 11.4.